The molecule has 0 spiro atoms. The number of hydrogen-bond acceptors (Lipinski definition) is 3. The molecule has 0 unspecified atom stereocenters. The van der Waals surface area contributed by atoms with Crippen LogP contribution in [0.5, 0.6) is 0 Å². The standard InChI is InChI=1S/C13H22O3/c1-8(14)5-6-10-9(2)12(16)11(15)7-13(10,3)4/h5-6,9-12,15-16H,7H2,1-4H3/b6-5+/t9-,10-,11-,12-/m0/s1. The summed E-state index contributed by atoms with van der Waals surface area (Å²) in [7, 11) is 0. The Labute approximate surface area is 97.2 Å². The number of rotatable bonds is 2. The van der Waals surface area contributed by atoms with Gasteiger partial charge in [0.05, 0.1) is 12.2 Å². The second-order valence-corrected chi connectivity index (χ2v) is 5.61. The molecule has 2 N–H and O–H groups in total. The Morgan fingerprint density at radius 1 is 1.38 bits per heavy atom. The number of allylic oxidation sites excluding steroid dienone is 2. The van der Waals surface area contributed by atoms with Gasteiger partial charge in [0, 0.05) is 0 Å². The van der Waals surface area contributed by atoms with Crippen LogP contribution in [0.3, 0.4) is 0 Å². The second kappa shape index (κ2) is 4.68. The number of hydrogen-bond donors (Lipinski definition) is 2. The van der Waals surface area contributed by atoms with Crippen LogP contribution in [0.1, 0.15) is 34.1 Å². The first-order chi connectivity index (χ1) is 7.25. The molecule has 0 aromatic rings. The van der Waals surface area contributed by atoms with E-state index < -0.39 is 12.2 Å². The number of aliphatic hydroxyl groups is 2. The van der Waals surface area contributed by atoms with Crippen molar-refractivity contribution in [3.8, 4) is 0 Å². The Balaban J connectivity index is 2.91. The predicted octanol–water partition coefficient (Wildman–Crippen LogP) is 1.54. The molecule has 3 heteroatoms. The largest absolute Gasteiger partial charge is 0.390 e. The van der Waals surface area contributed by atoms with Crippen molar-refractivity contribution in [1.82, 2.24) is 0 Å². The molecule has 0 amide bonds. The molecule has 1 saturated carbocycles. The van der Waals surface area contributed by atoms with Crippen LogP contribution in [0, 0.1) is 17.3 Å². The zero-order valence-electron chi connectivity index (χ0n) is 10.5. The van der Waals surface area contributed by atoms with Crippen LogP contribution in [-0.2, 0) is 4.79 Å². The smallest absolute Gasteiger partial charge is 0.152 e. The zero-order chi connectivity index (χ0) is 12.5. The summed E-state index contributed by atoms with van der Waals surface area (Å²) in [5, 5.41) is 19.6. The van der Waals surface area contributed by atoms with Crippen molar-refractivity contribution in [3.63, 3.8) is 0 Å². The number of carbonyl (C=O) groups excluding carboxylic acids is 1. The lowest BCUT2D eigenvalue weighted by molar-refractivity contribution is -0.113. The fourth-order valence-electron chi connectivity index (χ4n) is 2.75. The molecule has 4 atom stereocenters. The minimum absolute atomic E-state index is 0.0172. The maximum absolute atomic E-state index is 11.0. The Kier molecular flexibility index (Phi) is 3.92. The molecule has 0 radical (unpaired) electrons. The fourth-order valence-corrected chi connectivity index (χ4v) is 2.75. The molecule has 0 aromatic carbocycles. The summed E-state index contributed by atoms with van der Waals surface area (Å²) < 4.78 is 0. The van der Waals surface area contributed by atoms with E-state index in [4.69, 9.17) is 0 Å². The number of carbonyl (C=O) groups is 1. The maximum Gasteiger partial charge on any atom is 0.152 e. The molecule has 1 rings (SSSR count). The van der Waals surface area contributed by atoms with Gasteiger partial charge in [0.15, 0.2) is 5.78 Å². The average molecular weight is 226 g/mol. The normalized spacial score (nSPS) is 38.9. The molecule has 3 nitrogen and oxygen atoms in total. The molecule has 0 heterocycles. The van der Waals surface area contributed by atoms with E-state index >= 15 is 0 Å². The fraction of sp³-hybridized carbons (Fsp3) is 0.769. The molecule has 0 aromatic heterocycles. The van der Waals surface area contributed by atoms with E-state index in [-0.39, 0.29) is 23.0 Å². The Morgan fingerprint density at radius 2 is 1.94 bits per heavy atom. The van der Waals surface area contributed by atoms with Crippen LogP contribution in [0.15, 0.2) is 12.2 Å². The molecular weight excluding hydrogens is 204 g/mol. The van der Waals surface area contributed by atoms with Gasteiger partial charge in [-0.15, -0.1) is 0 Å². The molecule has 1 aliphatic carbocycles. The van der Waals surface area contributed by atoms with E-state index in [1.54, 1.807) is 6.08 Å². The van der Waals surface area contributed by atoms with Gasteiger partial charge in [0.2, 0.25) is 0 Å². The summed E-state index contributed by atoms with van der Waals surface area (Å²) in [6, 6.07) is 0. The topological polar surface area (TPSA) is 57.5 Å². The molecule has 0 saturated heterocycles. The monoisotopic (exact) mass is 226 g/mol. The summed E-state index contributed by atoms with van der Waals surface area (Å²) in [6.45, 7) is 7.56. The second-order valence-electron chi connectivity index (χ2n) is 5.61. The number of ketones is 1. The highest BCUT2D eigenvalue weighted by molar-refractivity contribution is 5.87. The summed E-state index contributed by atoms with van der Waals surface area (Å²) in [5.74, 6) is 0.104. The lowest BCUT2D eigenvalue weighted by Crippen LogP contribution is -2.48. The Bertz CT molecular complexity index is 294. The lowest BCUT2D eigenvalue weighted by atomic mass is 9.62. The van der Waals surface area contributed by atoms with Crippen LogP contribution >= 0.6 is 0 Å². The summed E-state index contributed by atoms with van der Waals surface area (Å²) in [4.78, 5) is 11.0. The van der Waals surface area contributed by atoms with Crippen molar-refractivity contribution in [1.29, 1.82) is 0 Å². The first-order valence-corrected chi connectivity index (χ1v) is 5.80. The molecule has 16 heavy (non-hydrogen) atoms. The Morgan fingerprint density at radius 3 is 2.44 bits per heavy atom. The molecule has 92 valence electrons. The third kappa shape index (κ3) is 2.71. The molecule has 1 fully saturated rings. The highest BCUT2D eigenvalue weighted by atomic mass is 16.3. The molecule has 0 bridgehead atoms. The van der Waals surface area contributed by atoms with E-state index in [0.717, 1.165) is 0 Å². The van der Waals surface area contributed by atoms with Crippen molar-refractivity contribution in [2.75, 3.05) is 0 Å². The van der Waals surface area contributed by atoms with Gasteiger partial charge in [0.25, 0.3) is 0 Å². The summed E-state index contributed by atoms with van der Waals surface area (Å²) in [6.07, 6.45) is 2.64. The van der Waals surface area contributed by atoms with Gasteiger partial charge in [0.1, 0.15) is 0 Å². The summed E-state index contributed by atoms with van der Waals surface area (Å²) >= 11 is 0. The van der Waals surface area contributed by atoms with E-state index in [0.29, 0.717) is 6.42 Å². The van der Waals surface area contributed by atoms with E-state index in [9.17, 15) is 15.0 Å². The van der Waals surface area contributed by atoms with E-state index in [2.05, 4.69) is 13.8 Å². The van der Waals surface area contributed by atoms with Crippen molar-refractivity contribution in [2.24, 2.45) is 17.3 Å². The van der Waals surface area contributed by atoms with Gasteiger partial charge in [-0.2, -0.15) is 0 Å². The third-order valence-electron chi connectivity index (χ3n) is 3.68. The van der Waals surface area contributed by atoms with Gasteiger partial charge in [-0.1, -0.05) is 26.8 Å². The van der Waals surface area contributed by atoms with Gasteiger partial charge >= 0.3 is 0 Å². The Hall–Kier alpha value is -0.670. The molecule has 1 aliphatic rings. The van der Waals surface area contributed by atoms with Crippen LogP contribution in [0.4, 0.5) is 0 Å². The van der Waals surface area contributed by atoms with Crippen molar-refractivity contribution >= 4 is 5.78 Å². The van der Waals surface area contributed by atoms with E-state index in [1.165, 1.54) is 6.92 Å². The SMILES string of the molecule is CC(=O)/C=C/[C@H]1[C@H](C)[C@H](O)[C@@H](O)CC1(C)C. The van der Waals surface area contributed by atoms with Gasteiger partial charge in [-0.25, -0.2) is 0 Å². The predicted molar refractivity (Wildman–Crippen MR) is 62.9 cm³/mol. The minimum atomic E-state index is -0.699. The van der Waals surface area contributed by atoms with Gasteiger partial charge in [-0.05, 0) is 36.7 Å². The van der Waals surface area contributed by atoms with E-state index in [1.807, 2.05) is 13.0 Å². The lowest BCUT2D eigenvalue weighted by Gasteiger charge is -2.46. The van der Waals surface area contributed by atoms with Gasteiger partial charge < -0.3 is 10.2 Å². The first-order valence-electron chi connectivity index (χ1n) is 5.80. The van der Waals surface area contributed by atoms with Crippen LogP contribution in [-0.4, -0.2) is 28.2 Å². The summed E-state index contributed by atoms with van der Waals surface area (Å²) in [5.41, 5.74) is -0.0932. The number of aliphatic hydroxyl groups excluding tert-OH is 2. The molecular formula is C13H22O3. The minimum Gasteiger partial charge on any atom is -0.390 e. The van der Waals surface area contributed by atoms with Crippen LogP contribution < -0.4 is 0 Å². The quantitative estimate of drug-likeness (QED) is 0.702. The zero-order valence-corrected chi connectivity index (χ0v) is 10.5. The van der Waals surface area contributed by atoms with Crippen LogP contribution in [0.25, 0.3) is 0 Å². The maximum atomic E-state index is 11.0. The molecule has 0 aliphatic heterocycles. The van der Waals surface area contributed by atoms with Crippen molar-refractivity contribution < 1.29 is 15.0 Å². The average Bonchev–Trinajstić information content (AvgIpc) is 2.12. The third-order valence-corrected chi connectivity index (χ3v) is 3.68. The van der Waals surface area contributed by atoms with Crippen molar-refractivity contribution in [3.05, 3.63) is 12.2 Å². The first kappa shape index (κ1) is 13.4. The van der Waals surface area contributed by atoms with Gasteiger partial charge in [-0.3, -0.25) is 4.79 Å². The highest BCUT2D eigenvalue weighted by Gasteiger charge is 2.44. The highest BCUT2D eigenvalue weighted by Crippen LogP contribution is 2.44. The van der Waals surface area contributed by atoms with Crippen LogP contribution in [0.2, 0.25) is 0 Å². The van der Waals surface area contributed by atoms with Crippen molar-refractivity contribution in [2.45, 2.75) is 46.3 Å².